The Morgan fingerprint density at radius 1 is 0.279 bits per heavy atom. The minimum atomic E-state index is -0.788. The second-order valence-electron chi connectivity index (χ2n) is 36.0. The van der Waals surface area contributed by atoms with Gasteiger partial charge in [-0.15, -0.1) is 66.8 Å². The van der Waals surface area contributed by atoms with Crippen LogP contribution in [0.1, 0.15) is 150 Å². The third-order valence-corrected chi connectivity index (χ3v) is 32.0. The van der Waals surface area contributed by atoms with E-state index in [1.165, 1.54) is 41.0 Å². The number of hydrogen-bond donors (Lipinski definition) is 8. The van der Waals surface area contributed by atoms with Gasteiger partial charge >= 0.3 is 0 Å². The summed E-state index contributed by atoms with van der Waals surface area (Å²) in [6, 6.07) is 56.9. The number of aliphatic hydroxyl groups excluding tert-OH is 8. The number of hydrogen-bond acceptors (Lipinski definition) is 24. The summed E-state index contributed by atoms with van der Waals surface area (Å²) < 4.78 is 59.6. The molecule has 0 spiro atoms. The van der Waals surface area contributed by atoms with E-state index in [9.17, 15) is 40.9 Å². The van der Waals surface area contributed by atoms with Crippen molar-refractivity contribution in [2.75, 3.05) is 76.4 Å². The van der Waals surface area contributed by atoms with Crippen LogP contribution in [0.3, 0.4) is 0 Å². The van der Waals surface area contributed by atoms with Gasteiger partial charge in [0.1, 0.15) is 112 Å². The molecule has 8 aromatic carbocycles. The minimum Gasteiger partial charge on any atom is -0.492 e. The average molecular weight is 2890 g/mol. The van der Waals surface area contributed by atoms with E-state index in [2.05, 4.69) is 263 Å². The van der Waals surface area contributed by atoms with Crippen LogP contribution in [0, 0.1) is 52.8 Å². The zero-order valence-corrected chi connectivity index (χ0v) is 100.0. The van der Waals surface area contributed by atoms with Crippen molar-refractivity contribution in [3.63, 3.8) is 0 Å². The lowest BCUT2D eigenvalue weighted by Gasteiger charge is -2.27. The van der Waals surface area contributed by atoms with Gasteiger partial charge in [-0.1, -0.05) is 177 Å². The monoisotopic (exact) mass is 2880 g/mol. The molecule has 0 radical (unpaired) electrons. The molecule has 0 saturated heterocycles. The maximum Gasteiger partial charge on any atom is 0.149 e. The molecule has 12 aromatic rings. The first kappa shape index (κ1) is 119. The van der Waals surface area contributed by atoms with E-state index in [0.717, 1.165) is 59.5 Å². The van der Waals surface area contributed by atoms with Crippen LogP contribution in [0.5, 0.6) is 46.0 Å². The van der Waals surface area contributed by atoms with Crippen molar-refractivity contribution in [3.8, 4) is 46.0 Å². The summed E-state index contributed by atoms with van der Waals surface area (Å²) in [7, 11) is 0. The SMILES string of the molecule is C[C@@H](CCl)COc1ccc(C(C)(C)c2ccc(OC[C@@H](O)Cn3nnc([123I])c3CO)cc2)cc1I.C[C@@H](CCl)COc1ccc(C(C)(C)c2ccc(OC[C@H](O)Cn3nnc([123I])c3CO)cc2)cc1I.C[C@H](CCl)COc1ccc(C(C)(C)c2ccc(OC[C@@H](O)Cn3nnc([123I])c3CO)cc2)cc1I.C[C@H](CCl)COc1ccc(C(C)(C)c2ccc(OC[C@H](O)Cn3nnc([123I])c3CO)cc2)cc1I. The zero-order chi connectivity index (χ0) is 102. The molecule has 4 heterocycles. The lowest BCUT2D eigenvalue weighted by molar-refractivity contribution is 0.0865. The van der Waals surface area contributed by atoms with Crippen LogP contribution in [0.15, 0.2) is 170 Å². The molecule has 0 saturated carbocycles. The van der Waals surface area contributed by atoms with Crippen molar-refractivity contribution in [2.45, 2.75) is 182 Å². The summed E-state index contributed by atoms with van der Waals surface area (Å²) in [5.41, 5.74) is 10.8. The van der Waals surface area contributed by atoms with Crippen molar-refractivity contribution in [3.05, 3.63) is 266 Å². The molecule has 0 unspecified atom stereocenters. The van der Waals surface area contributed by atoms with Crippen molar-refractivity contribution < 1.29 is 78.7 Å². The molecule has 0 aliphatic heterocycles. The average Bonchev–Trinajstić information content (AvgIpc) is 1.55. The van der Waals surface area contributed by atoms with E-state index in [1.54, 1.807) is 0 Å². The van der Waals surface area contributed by atoms with Gasteiger partial charge in [0.05, 0.1) is 116 Å². The summed E-state index contributed by atoms with van der Waals surface area (Å²) in [5, 5.41) is 111. The number of rotatable bonds is 48. The Bertz CT molecular complexity index is 5140. The first-order chi connectivity index (χ1) is 66.6. The van der Waals surface area contributed by atoms with E-state index in [-0.39, 0.29) is 101 Å². The molecule has 0 aliphatic rings. The van der Waals surface area contributed by atoms with Crippen LogP contribution < -0.4 is 37.9 Å². The highest BCUT2D eigenvalue weighted by Gasteiger charge is 2.31. The predicted molar refractivity (Wildman–Crippen MR) is 613 cm³/mol. The summed E-state index contributed by atoms with van der Waals surface area (Å²) in [6.45, 7) is 28.6. The fourth-order valence-corrected chi connectivity index (χ4v) is 19.1. The Morgan fingerprint density at radius 2 is 0.450 bits per heavy atom. The van der Waals surface area contributed by atoms with E-state index in [1.807, 2.05) is 212 Å². The van der Waals surface area contributed by atoms with Gasteiger partial charge in [0, 0.05) is 68.9 Å². The standard InChI is InChI=1S/4C25H30ClI2N3O4/c4*1-16(11-26)14-35-23-9-6-18(10-21(23)27)25(2,3)17-4-7-20(8-5-17)34-15-19(33)12-31-22(13-32)24(28)29-30-31/h4*4-10,16,19,32-33H,11-15H2,1-3H3/t2*16-,19+;2*16-,19-/m1010/s1/i4*28-4. The van der Waals surface area contributed by atoms with Crippen molar-refractivity contribution in [1.82, 2.24) is 60.0 Å². The Hall–Kier alpha value is -4.60. The van der Waals surface area contributed by atoms with Crippen molar-refractivity contribution >= 4 is 227 Å². The van der Waals surface area contributed by atoms with Crippen molar-refractivity contribution in [1.29, 1.82) is 0 Å². The highest BCUT2D eigenvalue weighted by atomic mass is 127. The molecule has 760 valence electrons. The lowest BCUT2D eigenvalue weighted by atomic mass is 9.78. The smallest absolute Gasteiger partial charge is 0.149 e. The Balaban J connectivity index is 0.000000209. The molecular formula is C100H120Cl4I8N12O16. The van der Waals surface area contributed by atoms with Crippen LogP contribution in [-0.2, 0) is 74.3 Å². The number of halogens is 12. The number of ether oxygens (including phenoxy) is 8. The first-order valence-electron chi connectivity index (χ1n) is 45.0. The van der Waals surface area contributed by atoms with E-state index in [0.29, 0.717) is 134 Å². The Labute approximate surface area is 948 Å². The van der Waals surface area contributed by atoms with E-state index >= 15 is 0 Å². The second kappa shape index (κ2) is 57.8. The number of aliphatic hydroxyl groups is 8. The van der Waals surface area contributed by atoms with Gasteiger partial charge in [-0.3, -0.25) is 0 Å². The highest BCUT2D eigenvalue weighted by Crippen LogP contribution is 2.41. The van der Waals surface area contributed by atoms with Gasteiger partial charge in [-0.05, 0) is 322 Å². The van der Waals surface area contributed by atoms with Gasteiger partial charge in [0.25, 0.3) is 0 Å². The van der Waals surface area contributed by atoms with Gasteiger partial charge in [0.2, 0.25) is 0 Å². The van der Waals surface area contributed by atoms with Crippen molar-refractivity contribution in [2.24, 2.45) is 23.7 Å². The molecule has 8 N–H and O–H groups in total. The van der Waals surface area contributed by atoms with Gasteiger partial charge in [-0.2, -0.15) is 0 Å². The molecule has 0 fully saturated rings. The lowest BCUT2D eigenvalue weighted by Crippen LogP contribution is -2.25. The topological polar surface area (TPSA) is 359 Å². The molecule has 8 atom stereocenters. The normalized spacial score (nSPS) is 13.5. The molecule has 40 heteroatoms. The zero-order valence-electron chi connectivity index (χ0n) is 79.7. The van der Waals surface area contributed by atoms with Gasteiger partial charge in [0.15, 0.2) is 0 Å². The number of benzene rings is 8. The predicted octanol–water partition coefficient (Wildman–Crippen LogP) is 20.0. The fraction of sp³-hybridized carbons (Fsp3) is 0.440. The highest BCUT2D eigenvalue weighted by molar-refractivity contribution is 14.1. The third kappa shape index (κ3) is 34.8. The summed E-state index contributed by atoms with van der Waals surface area (Å²) in [6.07, 6.45) is -3.15. The summed E-state index contributed by atoms with van der Waals surface area (Å²) >= 11 is 40.8. The third-order valence-electron chi connectivity index (χ3n) is 23.1. The van der Waals surface area contributed by atoms with E-state index < -0.39 is 24.4 Å². The minimum absolute atomic E-state index is 0.103. The molecule has 12 rings (SSSR count). The van der Waals surface area contributed by atoms with Gasteiger partial charge < -0.3 is 78.7 Å². The molecular weight excluding hydrogens is 2770 g/mol. The number of aromatic nitrogens is 12. The Morgan fingerprint density at radius 3 is 0.607 bits per heavy atom. The van der Waals surface area contributed by atoms with Gasteiger partial charge in [-0.25, -0.2) is 18.7 Å². The second-order valence-corrected chi connectivity index (χ2v) is 46.0. The largest absolute Gasteiger partial charge is 0.492 e. The van der Waals surface area contributed by atoms with Crippen LogP contribution in [0.4, 0.5) is 0 Å². The van der Waals surface area contributed by atoms with E-state index in [4.69, 9.17) is 84.3 Å². The Kier molecular flexibility index (Phi) is 49.1. The van der Waals surface area contributed by atoms with Crippen LogP contribution in [0.2, 0.25) is 0 Å². The molecule has 0 amide bonds. The maximum absolute atomic E-state index is 10.3. The number of nitrogens with zero attached hydrogens (tertiary/aromatic N) is 12. The first-order valence-corrected chi connectivity index (χ1v) is 55.7. The van der Waals surface area contributed by atoms with Crippen LogP contribution in [0.25, 0.3) is 0 Å². The molecule has 140 heavy (non-hydrogen) atoms. The summed E-state index contributed by atoms with van der Waals surface area (Å²) in [4.78, 5) is 0. The summed E-state index contributed by atoms with van der Waals surface area (Å²) in [5.74, 6) is 9.68. The van der Waals surface area contributed by atoms with Crippen LogP contribution >= 0.6 is 227 Å². The molecule has 4 aromatic heterocycles. The quantitative estimate of drug-likeness (QED) is 0.0130. The van der Waals surface area contributed by atoms with Crippen LogP contribution in [-0.4, -0.2) is 202 Å². The molecule has 0 aliphatic carbocycles. The number of alkyl halides is 4. The molecule has 0 bridgehead atoms. The maximum atomic E-state index is 10.3. The molecule has 28 nitrogen and oxygen atoms in total. The fourth-order valence-electron chi connectivity index (χ4n) is 13.9.